The summed E-state index contributed by atoms with van der Waals surface area (Å²) in [4.78, 5) is 2.11. The Kier molecular flexibility index (Phi) is 7.49. The molecule has 0 aromatic heterocycles. The zero-order valence-electron chi connectivity index (χ0n) is 15.5. The van der Waals surface area contributed by atoms with Gasteiger partial charge >= 0.3 is 7.60 Å². The van der Waals surface area contributed by atoms with Gasteiger partial charge < -0.3 is 18.7 Å². The molecule has 1 saturated heterocycles. The van der Waals surface area contributed by atoms with Gasteiger partial charge in [-0.15, -0.1) is 0 Å². The van der Waals surface area contributed by atoms with Gasteiger partial charge in [-0.2, -0.15) is 4.31 Å². The van der Waals surface area contributed by atoms with Crippen LogP contribution in [0.1, 0.15) is 13.8 Å². The Hall–Kier alpha value is -1.12. The maximum Gasteiger partial charge on any atom is 0.347 e. The fourth-order valence-electron chi connectivity index (χ4n) is 2.80. The Bertz CT molecular complexity index is 707. The van der Waals surface area contributed by atoms with Crippen LogP contribution in [0.4, 0.5) is 5.69 Å². The SMILES string of the molecule is CCOP(=O)(CS(=O)(=O)N1CCN(c2ccc(OC)cc2)CC1)OCC. The first kappa shape index (κ1) is 21.2. The number of piperazine rings is 1. The van der Waals surface area contributed by atoms with E-state index in [1.807, 2.05) is 24.3 Å². The Morgan fingerprint density at radius 3 is 2.00 bits per heavy atom. The lowest BCUT2D eigenvalue weighted by Crippen LogP contribution is -2.49. The Morgan fingerprint density at radius 1 is 1.00 bits per heavy atom. The van der Waals surface area contributed by atoms with Crippen molar-refractivity contribution in [1.82, 2.24) is 4.31 Å². The highest BCUT2D eigenvalue weighted by atomic mass is 32.2. The molecule has 10 heteroatoms. The van der Waals surface area contributed by atoms with Gasteiger partial charge in [-0.05, 0) is 38.1 Å². The summed E-state index contributed by atoms with van der Waals surface area (Å²) < 4.78 is 54.6. The minimum atomic E-state index is -3.73. The van der Waals surface area contributed by atoms with Crippen molar-refractivity contribution >= 4 is 23.3 Å². The van der Waals surface area contributed by atoms with Gasteiger partial charge in [0.25, 0.3) is 0 Å². The number of anilines is 1. The molecule has 0 atom stereocenters. The van der Waals surface area contributed by atoms with Crippen molar-refractivity contribution in [2.45, 2.75) is 13.8 Å². The van der Waals surface area contributed by atoms with E-state index in [4.69, 9.17) is 13.8 Å². The summed E-state index contributed by atoms with van der Waals surface area (Å²) in [5.41, 5.74) is 0.390. The molecule has 0 N–H and O–H groups in total. The van der Waals surface area contributed by atoms with Crippen LogP contribution in [0.25, 0.3) is 0 Å². The van der Waals surface area contributed by atoms with Crippen LogP contribution in [0.3, 0.4) is 0 Å². The molecule has 0 radical (unpaired) electrons. The monoisotopic (exact) mass is 406 g/mol. The number of hydrogen-bond donors (Lipinski definition) is 0. The van der Waals surface area contributed by atoms with Crippen LogP contribution in [0, 0.1) is 0 Å². The first-order valence-corrected chi connectivity index (χ1v) is 11.9. The number of rotatable bonds is 9. The third kappa shape index (κ3) is 5.44. The average Bonchev–Trinajstić information content (AvgIpc) is 2.61. The molecule has 26 heavy (non-hydrogen) atoms. The second kappa shape index (κ2) is 9.19. The highest BCUT2D eigenvalue weighted by Crippen LogP contribution is 2.49. The second-order valence-electron chi connectivity index (χ2n) is 5.77. The smallest absolute Gasteiger partial charge is 0.347 e. The first-order valence-electron chi connectivity index (χ1n) is 8.58. The molecule has 1 heterocycles. The predicted molar refractivity (Wildman–Crippen MR) is 101 cm³/mol. The number of methoxy groups -OCH3 is 1. The van der Waals surface area contributed by atoms with Crippen molar-refractivity contribution in [3.8, 4) is 5.75 Å². The lowest BCUT2D eigenvalue weighted by molar-refractivity contribution is 0.223. The van der Waals surface area contributed by atoms with Gasteiger partial charge in [-0.1, -0.05) is 0 Å². The molecular weight excluding hydrogens is 379 g/mol. The van der Waals surface area contributed by atoms with Crippen LogP contribution in [0.5, 0.6) is 5.75 Å². The second-order valence-corrected chi connectivity index (χ2v) is 10.2. The van der Waals surface area contributed by atoms with Crippen molar-refractivity contribution in [3.63, 3.8) is 0 Å². The lowest BCUT2D eigenvalue weighted by Gasteiger charge is -2.35. The average molecular weight is 406 g/mol. The van der Waals surface area contributed by atoms with Crippen molar-refractivity contribution in [2.75, 3.05) is 56.9 Å². The molecular formula is C16H27N2O6PS. The number of ether oxygens (including phenoxy) is 1. The van der Waals surface area contributed by atoms with Crippen molar-refractivity contribution < 1.29 is 26.8 Å². The Labute approximate surface area is 155 Å². The summed E-state index contributed by atoms with van der Waals surface area (Å²) in [5.74, 6) is 0.776. The lowest BCUT2D eigenvalue weighted by atomic mass is 10.2. The van der Waals surface area contributed by atoms with Crippen LogP contribution in [0.2, 0.25) is 0 Å². The van der Waals surface area contributed by atoms with Gasteiger partial charge in [0.1, 0.15) is 5.75 Å². The van der Waals surface area contributed by atoms with Crippen molar-refractivity contribution in [2.24, 2.45) is 0 Å². The molecule has 0 bridgehead atoms. The van der Waals surface area contributed by atoms with Crippen LogP contribution < -0.4 is 9.64 Å². The van der Waals surface area contributed by atoms with Gasteiger partial charge in [0, 0.05) is 31.9 Å². The van der Waals surface area contributed by atoms with Crippen LogP contribution in [-0.4, -0.2) is 64.7 Å². The summed E-state index contributed by atoms with van der Waals surface area (Å²) in [7, 11) is -5.76. The van der Waals surface area contributed by atoms with Crippen molar-refractivity contribution in [3.05, 3.63) is 24.3 Å². The van der Waals surface area contributed by atoms with Gasteiger partial charge in [0.05, 0.1) is 20.3 Å². The molecule has 1 aliphatic rings. The molecule has 0 unspecified atom stereocenters. The minimum absolute atomic E-state index is 0.137. The maximum atomic E-state index is 12.6. The van der Waals surface area contributed by atoms with E-state index in [1.165, 1.54) is 4.31 Å². The highest BCUT2D eigenvalue weighted by Gasteiger charge is 2.36. The largest absolute Gasteiger partial charge is 0.497 e. The van der Waals surface area contributed by atoms with Gasteiger partial charge in [-0.3, -0.25) is 4.57 Å². The van der Waals surface area contributed by atoms with E-state index in [0.717, 1.165) is 11.4 Å². The summed E-state index contributed by atoms with van der Waals surface area (Å²) in [6, 6.07) is 7.64. The Balaban J connectivity index is 1.99. The van der Waals surface area contributed by atoms with Crippen LogP contribution >= 0.6 is 7.60 Å². The standard InChI is InChI=1S/C16H27N2O6PS/c1-4-23-25(19,24-5-2)14-26(20,21)18-12-10-17(11-13-18)15-6-8-16(22-3)9-7-15/h6-9H,4-5,10-14H2,1-3H3. The molecule has 0 aliphatic carbocycles. The molecule has 0 amide bonds. The van der Waals surface area contributed by atoms with E-state index in [9.17, 15) is 13.0 Å². The normalized spacial score (nSPS) is 16.7. The van der Waals surface area contributed by atoms with Crippen LogP contribution in [-0.2, 0) is 23.6 Å². The quantitative estimate of drug-likeness (QED) is 0.582. The third-order valence-corrected chi connectivity index (χ3v) is 9.07. The van der Waals surface area contributed by atoms with Gasteiger partial charge in [0.15, 0.2) is 5.49 Å². The van der Waals surface area contributed by atoms with E-state index >= 15 is 0 Å². The zero-order valence-corrected chi connectivity index (χ0v) is 17.2. The van der Waals surface area contributed by atoms with E-state index in [0.29, 0.717) is 26.2 Å². The molecule has 8 nitrogen and oxygen atoms in total. The highest BCUT2D eigenvalue weighted by molar-refractivity contribution is 7.95. The zero-order chi connectivity index (χ0) is 19.2. The topological polar surface area (TPSA) is 85.4 Å². The van der Waals surface area contributed by atoms with E-state index in [-0.39, 0.29) is 13.2 Å². The number of benzene rings is 1. The molecule has 0 saturated carbocycles. The Morgan fingerprint density at radius 2 is 1.54 bits per heavy atom. The van der Waals surface area contributed by atoms with Crippen LogP contribution in [0.15, 0.2) is 24.3 Å². The van der Waals surface area contributed by atoms with Gasteiger partial charge in [-0.25, -0.2) is 8.42 Å². The van der Waals surface area contributed by atoms with E-state index in [2.05, 4.69) is 4.90 Å². The third-order valence-electron chi connectivity index (χ3n) is 4.04. The molecule has 2 rings (SSSR count). The molecule has 1 aliphatic heterocycles. The molecule has 1 aromatic carbocycles. The summed E-state index contributed by atoms with van der Waals surface area (Å²) >= 11 is 0. The maximum absolute atomic E-state index is 12.6. The predicted octanol–water partition coefficient (Wildman–Crippen LogP) is 2.37. The van der Waals surface area contributed by atoms with E-state index in [1.54, 1.807) is 21.0 Å². The molecule has 1 fully saturated rings. The fraction of sp³-hybridized carbons (Fsp3) is 0.625. The molecule has 148 valence electrons. The summed E-state index contributed by atoms with van der Waals surface area (Å²) in [5, 5.41) is 0. The molecule has 0 spiro atoms. The number of sulfonamides is 1. The number of nitrogens with zero attached hydrogens (tertiary/aromatic N) is 2. The van der Waals surface area contributed by atoms with Gasteiger partial charge in [0.2, 0.25) is 10.0 Å². The first-order chi connectivity index (χ1) is 12.3. The minimum Gasteiger partial charge on any atom is -0.497 e. The summed E-state index contributed by atoms with van der Waals surface area (Å²) in [6.07, 6.45) is 0. The fourth-order valence-corrected chi connectivity index (χ4v) is 7.23. The number of hydrogen-bond acceptors (Lipinski definition) is 7. The summed E-state index contributed by atoms with van der Waals surface area (Å²) in [6.45, 7) is 5.35. The molecule has 1 aromatic rings. The van der Waals surface area contributed by atoms with E-state index < -0.39 is 23.1 Å². The van der Waals surface area contributed by atoms with Crippen molar-refractivity contribution in [1.29, 1.82) is 0 Å².